The minimum absolute atomic E-state index is 0.0341. The van der Waals surface area contributed by atoms with Crippen molar-refractivity contribution in [1.29, 1.82) is 0 Å². The summed E-state index contributed by atoms with van der Waals surface area (Å²) in [6.45, 7) is 3.51. The van der Waals surface area contributed by atoms with Crippen molar-refractivity contribution in [1.82, 2.24) is 10.6 Å². The molecular weight excluding hydrogens is 340 g/mol. The summed E-state index contributed by atoms with van der Waals surface area (Å²) < 4.78 is 0. The van der Waals surface area contributed by atoms with Crippen LogP contribution in [0.4, 0.5) is 0 Å². The molecule has 7 heteroatoms. The third-order valence-corrected chi connectivity index (χ3v) is 5.96. The number of carbonyl (C=O) groups excluding carboxylic acids is 2. The first kappa shape index (κ1) is 19.4. The van der Waals surface area contributed by atoms with Crippen molar-refractivity contribution in [2.75, 3.05) is 0 Å². The van der Waals surface area contributed by atoms with E-state index >= 15 is 0 Å². The summed E-state index contributed by atoms with van der Waals surface area (Å²) in [4.78, 5) is 36.7. The van der Waals surface area contributed by atoms with Crippen LogP contribution in [0.1, 0.15) is 63.3 Å². The lowest BCUT2D eigenvalue weighted by molar-refractivity contribution is -0.150. The molecule has 1 unspecified atom stereocenters. The number of hydrogen-bond donors (Lipinski definition) is 3. The Labute approximate surface area is 152 Å². The molecule has 3 N–H and O–H groups in total. The molecule has 1 atom stereocenters. The van der Waals surface area contributed by atoms with Gasteiger partial charge in [0.1, 0.15) is 5.54 Å². The maximum Gasteiger partial charge on any atom is 0.329 e. The van der Waals surface area contributed by atoms with Gasteiger partial charge in [-0.15, -0.1) is 11.3 Å². The minimum Gasteiger partial charge on any atom is -0.480 e. The van der Waals surface area contributed by atoms with E-state index in [0.717, 1.165) is 24.1 Å². The number of hydrogen-bond acceptors (Lipinski definition) is 4. The third-order valence-electron chi connectivity index (χ3n) is 4.98. The van der Waals surface area contributed by atoms with Crippen LogP contribution in [0.25, 0.3) is 0 Å². The van der Waals surface area contributed by atoms with E-state index in [9.17, 15) is 19.5 Å². The molecule has 0 aliphatic heterocycles. The fourth-order valence-electron chi connectivity index (χ4n) is 3.43. The van der Waals surface area contributed by atoms with Gasteiger partial charge in [0.25, 0.3) is 0 Å². The second-order valence-electron chi connectivity index (χ2n) is 6.76. The van der Waals surface area contributed by atoms with Crippen LogP contribution >= 0.6 is 11.3 Å². The highest BCUT2D eigenvalue weighted by atomic mass is 32.1. The minimum atomic E-state index is -1.18. The van der Waals surface area contributed by atoms with Crippen molar-refractivity contribution in [3.63, 3.8) is 0 Å². The van der Waals surface area contributed by atoms with E-state index in [1.807, 2.05) is 17.5 Å². The van der Waals surface area contributed by atoms with Crippen molar-refractivity contribution < 1.29 is 19.5 Å². The number of nitrogens with one attached hydrogen (secondary N) is 2. The molecule has 0 aromatic carbocycles. The molecule has 1 aromatic heterocycles. The maximum absolute atomic E-state index is 12.5. The Hall–Kier alpha value is -1.89. The van der Waals surface area contributed by atoms with E-state index < -0.39 is 17.6 Å². The Kier molecular flexibility index (Phi) is 6.58. The molecule has 1 aromatic rings. The van der Waals surface area contributed by atoms with E-state index in [0.29, 0.717) is 18.8 Å². The molecule has 2 rings (SSSR count). The van der Waals surface area contributed by atoms with Crippen LogP contribution in [0.2, 0.25) is 0 Å². The van der Waals surface area contributed by atoms with Crippen molar-refractivity contribution in [3.8, 4) is 0 Å². The first-order valence-corrected chi connectivity index (χ1v) is 9.59. The van der Waals surface area contributed by atoms with E-state index in [1.165, 1.54) is 18.3 Å². The van der Waals surface area contributed by atoms with E-state index in [1.54, 1.807) is 0 Å². The molecule has 2 amide bonds. The van der Waals surface area contributed by atoms with Gasteiger partial charge in [0.2, 0.25) is 11.8 Å². The van der Waals surface area contributed by atoms with Gasteiger partial charge in [-0.05, 0) is 43.0 Å². The number of aliphatic carboxylic acids is 1. The van der Waals surface area contributed by atoms with Crippen molar-refractivity contribution in [2.45, 2.75) is 64.0 Å². The van der Waals surface area contributed by atoms with Crippen LogP contribution in [-0.4, -0.2) is 28.4 Å². The first-order valence-electron chi connectivity index (χ1n) is 8.71. The van der Waals surface area contributed by atoms with E-state index in [-0.39, 0.29) is 18.2 Å². The Balaban J connectivity index is 2.05. The third kappa shape index (κ3) is 5.04. The Morgan fingerprint density at radius 3 is 2.52 bits per heavy atom. The molecular formula is C18H26N2O4S. The normalized spacial score (nSPS) is 24.3. The van der Waals surface area contributed by atoms with Gasteiger partial charge in [0.05, 0.1) is 12.5 Å². The van der Waals surface area contributed by atoms with Gasteiger partial charge in [-0.1, -0.05) is 19.4 Å². The molecule has 1 heterocycles. The number of amides is 2. The summed E-state index contributed by atoms with van der Waals surface area (Å²) in [7, 11) is 0. The summed E-state index contributed by atoms with van der Waals surface area (Å²) in [5, 5.41) is 17.1. The molecule has 138 valence electrons. The molecule has 0 radical (unpaired) electrons. The van der Waals surface area contributed by atoms with Gasteiger partial charge in [-0.2, -0.15) is 0 Å². The summed E-state index contributed by atoms with van der Waals surface area (Å²) in [5.41, 5.74) is -1.18. The van der Waals surface area contributed by atoms with Crippen LogP contribution < -0.4 is 10.6 Å². The fourth-order valence-corrected chi connectivity index (χ4v) is 4.21. The van der Waals surface area contributed by atoms with Crippen LogP contribution in [-0.2, 0) is 14.4 Å². The zero-order valence-corrected chi connectivity index (χ0v) is 15.5. The average molecular weight is 366 g/mol. The van der Waals surface area contributed by atoms with Crippen molar-refractivity contribution in [3.05, 3.63) is 22.4 Å². The molecule has 0 spiro atoms. The summed E-state index contributed by atoms with van der Waals surface area (Å²) in [6, 6.07) is 3.28. The Morgan fingerprint density at radius 1 is 1.36 bits per heavy atom. The van der Waals surface area contributed by atoms with Gasteiger partial charge in [0, 0.05) is 11.8 Å². The second-order valence-corrected chi connectivity index (χ2v) is 7.74. The highest BCUT2D eigenvalue weighted by Gasteiger charge is 2.43. The zero-order valence-electron chi connectivity index (χ0n) is 14.7. The summed E-state index contributed by atoms with van der Waals surface area (Å²) in [6.07, 6.45) is 3.60. The number of thiophene rings is 1. The number of rotatable bonds is 7. The highest BCUT2D eigenvalue weighted by molar-refractivity contribution is 7.10. The fraction of sp³-hybridized carbons (Fsp3) is 0.611. The number of carboxylic acid groups (broad SMARTS) is 1. The van der Waals surface area contributed by atoms with Crippen LogP contribution in [0.5, 0.6) is 0 Å². The van der Waals surface area contributed by atoms with E-state index in [2.05, 4.69) is 17.6 Å². The highest BCUT2D eigenvalue weighted by Crippen LogP contribution is 2.34. The molecule has 25 heavy (non-hydrogen) atoms. The van der Waals surface area contributed by atoms with Crippen LogP contribution in [0, 0.1) is 5.92 Å². The molecule has 1 aliphatic carbocycles. The molecule has 1 aliphatic rings. The monoisotopic (exact) mass is 366 g/mol. The number of carbonyl (C=O) groups is 3. The van der Waals surface area contributed by atoms with Crippen molar-refractivity contribution >= 4 is 29.1 Å². The molecule has 6 nitrogen and oxygen atoms in total. The Bertz CT molecular complexity index is 607. The molecule has 1 fully saturated rings. The topological polar surface area (TPSA) is 95.5 Å². The standard InChI is InChI=1S/C18H26N2O4S/c1-3-13-6-8-18(9-7-13,17(23)24)20-16(22)11-14(19-12(2)21)15-5-4-10-25-15/h4-5,10,13-14H,3,6-9,11H2,1-2H3,(H,19,21)(H,20,22)(H,23,24). The van der Waals surface area contributed by atoms with Crippen LogP contribution in [0.15, 0.2) is 17.5 Å². The summed E-state index contributed by atoms with van der Waals surface area (Å²) >= 11 is 1.46. The van der Waals surface area contributed by atoms with Gasteiger partial charge in [-0.3, -0.25) is 9.59 Å². The second kappa shape index (κ2) is 8.47. The quantitative estimate of drug-likeness (QED) is 0.691. The van der Waals surface area contributed by atoms with E-state index in [4.69, 9.17) is 0 Å². The van der Waals surface area contributed by atoms with Gasteiger partial charge >= 0.3 is 5.97 Å². The average Bonchev–Trinajstić information content (AvgIpc) is 3.08. The zero-order chi connectivity index (χ0) is 18.4. The predicted octanol–water partition coefficient (Wildman–Crippen LogP) is 2.86. The lowest BCUT2D eigenvalue weighted by Crippen LogP contribution is -2.56. The van der Waals surface area contributed by atoms with Crippen LogP contribution in [0.3, 0.4) is 0 Å². The smallest absolute Gasteiger partial charge is 0.329 e. The van der Waals surface area contributed by atoms with Gasteiger partial charge < -0.3 is 15.7 Å². The lowest BCUT2D eigenvalue weighted by atomic mass is 9.75. The molecule has 0 saturated heterocycles. The van der Waals surface area contributed by atoms with Crippen molar-refractivity contribution in [2.24, 2.45) is 5.92 Å². The molecule has 1 saturated carbocycles. The SMILES string of the molecule is CCC1CCC(NC(=O)CC(NC(C)=O)c2cccs2)(C(=O)O)CC1. The predicted molar refractivity (Wildman–Crippen MR) is 96.3 cm³/mol. The summed E-state index contributed by atoms with van der Waals surface area (Å²) in [5.74, 6) is -1.00. The molecule has 0 bridgehead atoms. The lowest BCUT2D eigenvalue weighted by Gasteiger charge is -2.37. The Morgan fingerprint density at radius 2 is 2.04 bits per heavy atom. The largest absolute Gasteiger partial charge is 0.480 e. The number of carboxylic acids is 1. The van der Waals surface area contributed by atoms with Gasteiger partial charge in [0.15, 0.2) is 0 Å². The van der Waals surface area contributed by atoms with Gasteiger partial charge in [-0.25, -0.2) is 4.79 Å². The first-order chi connectivity index (χ1) is 11.9. The maximum atomic E-state index is 12.5.